The number of nitrogens with zero attached hydrogens (tertiary/aromatic N) is 3. The molecule has 0 fully saturated rings. The van der Waals surface area contributed by atoms with Gasteiger partial charge in [-0.05, 0) is 23.6 Å². The van der Waals surface area contributed by atoms with E-state index in [9.17, 15) is 9.59 Å². The van der Waals surface area contributed by atoms with Crippen molar-refractivity contribution in [1.82, 2.24) is 9.55 Å². The first-order chi connectivity index (χ1) is 14.5. The average molecular weight is 442 g/mol. The average Bonchev–Trinajstić information content (AvgIpc) is 3.44. The van der Waals surface area contributed by atoms with Crippen molar-refractivity contribution in [2.45, 2.75) is 6.54 Å². The van der Waals surface area contributed by atoms with Crippen molar-refractivity contribution in [3.05, 3.63) is 57.8 Å². The number of hydrogen-bond acceptors (Lipinski definition) is 7. The lowest BCUT2D eigenvalue weighted by atomic mass is 10.2. The quantitative estimate of drug-likeness (QED) is 0.454. The van der Waals surface area contributed by atoms with Crippen LogP contribution >= 0.6 is 22.7 Å². The maximum absolute atomic E-state index is 13.1. The first-order valence-electron chi connectivity index (χ1n) is 9.02. The van der Waals surface area contributed by atoms with E-state index in [-0.39, 0.29) is 18.0 Å². The van der Waals surface area contributed by atoms with Gasteiger partial charge >= 0.3 is 0 Å². The molecule has 9 heteroatoms. The molecule has 0 spiro atoms. The van der Waals surface area contributed by atoms with Crippen LogP contribution in [-0.2, 0) is 11.3 Å². The van der Waals surface area contributed by atoms with Crippen LogP contribution in [0.5, 0.6) is 11.5 Å². The maximum Gasteiger partial charge on any atom is 0.263 e. The molecule has 0 N–H and O–H groups in total. The number of benzene rings is 1. The van der Waals surface area contributed by atoms with Crippen LogP contribution in [0.4, 0.5) is 5.69 Å². The summed E-state index contributed by atoms with van der Waals surface area (Å²) in [5.41, 5.74) is 1.27. The molecular formula is C21H19N3O4S2. The number of rotatable bonds is 6. The second kappa shape index (κ2) is 8.29. The van der Waals surface area contributed by atoms with Crippen molar-refractivity contribution in [3.8, 4) is 21.9 Å². The molecule has 4 aromatic rings. The summed E-state index contributed by atoms with van der Waals surface area (Å²) < 4.78 is 11.9. The van der Waals surface area contributed by atoms with E-state index in [0.29, 0.717) is 27.4 Å². The van der Waals surface area contributed by atoms with E-state index < -0.39 is 0 Å². The highest BCUT2D eigenvalue weighted by Gasteiger charge is 2.18. The molecule has 0 bridgehead atoms. The van der Waals surface area contributed by atoms with Gasteiger partial charge in [0.1, 0.15) is 11.4 Å². The van der Waals surface area contributed by atoms with Crippen LogP contribution in [0.25, 0.3) is 20.7 Å². The second-order valence-electron chi connectivity index (χ2n) is 6.48. The van der Waals surface area contributed by atoms with Crippen LogP contribution in [0.3, 0.4) is 0 Å². The zero-order chi connectivity index (χ0) is 21.3. The number of fused-ring (bicyclic) bond motifs is 1. The first-order valence-corrected chi connectivity index (χ1v) is 10.8. The van der Waals surface area contributed by atoms with Gasteiger partial charge in [0, 0.05) is 34.6 Å². The molecule has 0 aliphatic heterocycles. The van der Waals surface area contributed by atoms with Crippen molar-refractivity contribution in [3.63, 3.8) is 0 Å². The third-order valence-corrected chi connectivity index (χ3v) is 6.57. The number of carbonyl (C=O) groups is 1. The number of methoxy groups -OCH3 is 2. The zero-order valence-corrected chi connectivity index (χ0v) is 18.3. The lowest BCUT2D eigenvalue weighted by molar-refractivity contribution is -0.118. The molecule has 0 aliphatic carbocycles. The summed E-state index contributed by atoms with van der Waals surface area (Å²) in [6.07, 6.45) is 1.43. The van der Waals surface area contributed by atoms with E-state index in [1.165, 1.54) is 34.2 Å². The van der Waals surface area contributed by atoms with Crippen LogP contribution < -0.4 is 19.9 Å². The number of carbonyl (C=O) groups excluding carboxylic acids is 1. The van der Waals surface area contributed by atoms with Crippen molar-refractivity contribution >= 4 is 44.5 Å². The molecule has 4 rings (SSSR count). The highest BCUT2D eigenvalue weighted by Crippen LogP contribution is 2.33. The van der Waals surface area contributed by atoms with Crippen LogP contribution in [0.1, 0.15) is 0 Å². The fraction of sp³-hybridized carbons (Fsp3) is 0.190. The second-order valence-corrected chi connectivity index (χ2v) is 8.28. The van der Waals surface area contributed by atoms with Gasteiger partial charge in [0.05, 0.1) is 25.9 Å². The fourth-order valence-electron chi connectivity index (χ4n) is 3.12. The van der Waals surface area contributed by atoms with Crippen LogP contribution in [-0.4, -0.2) is 36.7 Å². The predicted octanol–water partition coefficient (Wildman–Crippen LogP) is 3.87. The van der Waals surface area contributed by atoms with E-state index in [1.807, 2.05) is 22.9 Å². The Balaban J connectivity index is 1.64. The maximum atomic E-state index is 13.1. The molecule has 0 aliphatic rings. The predicted molar refractivity (Wildman–Crippen MR) is 120 cm³/mol. The number of ether oxygens (including phenoxy) is 2. The van der Waals surface area contributed by atoms with Gasteiger partial charge < -0.3 is 14.4 Å². The summed E-state index contributed by atoms with van der Waals surface area (Å²) in [7, 11) is 4.75. The summed E-state index contributed by atoms with van der Waals surface area (Å²) in [6.45, 7) is -0.119. The largest absolute Gasteiger partial charge is 0.493 e. The van der Waals surface area contributed by atoms with Gasteiger partial charge in [0.15, 0.2) is 11.5 Å². The Morgan fingerprint density at radius 1 is 1.17 bits per heavy atom. The SMILES string of the molecule is COc1ccc(N(C)C(=O)Cn2cnc3scc(-c4cccs4)c3c2=O)cc1OC. The molecular weight excluding hydrogens is 422 g/mol. The molecule has 0 saturated carbocycles. The fourth-order valence-corrected chi connectivity index (χ4v) is 4.84. The molecule has 7 nitrogen and oxygen atoms in total. The number of aromatic nitrogens is 2. The van der Waals surface area contributed by atoms with E-state index in [0.717, 1.165) is 10.4 Å². The minimum absolute atomic E-state index is 0.119. The number of thiophene rings is 2. The molecule has 3 heterocycles. The molecule has 0 radical (unpaired) electrons. The van der Waals surface area contributed by atoms with Gasteiger partial charge in [0.2, 0.25) is 5.91 Å². The number of anilines is 1. The lowest BCUT2D eigenvalue weighted by Crippen LogP contribution is -2.34. The summed E-state index contributed by atoms with van der Waals surface area (Å²) >= 11 is 2.99. The Kier molecular flexibility index (Phi) is 5.56. The van der Waals surface area contributed by atoms with E-state index in [1.54, 1.807) is 43.7 Å². The van der Waals surface area contributed by atoms with Crippen molar-refractivity contribution in [1.29, 1.82) is 0 Å². The van der Waals surface area contributed by atoms with Gasteiger partial charge in [-0.25, -0.2) is 4.98 Å². The van der Waals surface area contributed by atoms with Gasteiger partial charge in [-0.3, -0.25) is 14.2 Å². The Bertz CT molecular complexity index is 1260. The minimum Gasteiger partial charge on any atom is -0.493 e. The Morgan fingerprint density at radius 3 is 2.67 bits per heavy atom. The summed E-state index contributed by atoms with van der Waals surface area (Å²) in [5, 5.41) is 4.45. The van der Waals surface area contributed by atoms with Gasteiger partial charge in [-0.2, -0.15) is 0 Å². The van der Waals surface area contributed by atoms with Crippen molar-refractivity contribution in [2.75, 3.05) is 26.2 Å². The minimum atomic E-state index is -0.252. The van der Waals surface area contributed by atoms with Gasteiger partial charge in [-0.15, -0.1) is 22.7 Å². The summed E-state index contributed by atoms with van der Waals surface area (Å²) in [5.74, 6) is 0.846. The molecule has 0 unspecified atom stereocenters. The molecule has 1 aromatic carbocycles. The Morgan fingerprint density at radius 2 is 1.97 bits per heavy atom. The van der Waals surface area contributed by atoms with E-state index in [4.69, 9.17) is 9.47 Å². The number of hydrogen-bond donors (Lipinski definition) is 0. The highest BCUT2D eigenvalue weighted by atomic mass is 32.1. The molecule has 154 valence electrons. The number of amides is 1. The number of likely N-dealkylation sites (N-methyl/N-ethyl adjacent to an activating group) is 1. The third-order valence-electron chi connectivity index (χ3n) is 4.78. The van der Waals surface area contributed by atoms with E-state index in [2.05, 4.69) is 4.98 Å². The molecule has 0 saturated heterocycles. The molecule has 1 amide bonds. The standard InChI is InChI=1S/C21H19N3O4S2/c1-23(13-6-7-15(27-2)16(9-13)28-3)18(25)10-24-12-22-20-19(21(24)26)14(11-30-20)17-5-4-8-29-17/h4-9,11-12H,10H2,1-3H3. The Labute approximate surface area is 180 Å². The molecule has 0 atom stereocenters. The first kappa shape index (κ1) is 20.1. The van der Waals surface area contributed by atoms with Crippen LogP contribution in [0.2, 0.25) is 0 Å². The lowest BCUT2D eigenvalue weighted by Gasteiger charge is -2.19. The van der Waals surface area contributed by atoms with Gasteiger partial charge in [0.25, 0.3) is 5.56 Å². The molecule has 30 heavy (non-hydrogen) atoms. The normalized spacial score (nSPS) is 10.9. The monoisotopic (exact) mass is 441 g/mol. The summed E-state index contributed by atoms with van der Waals surface area (Å²) in [4.78, 5) is 33.5. The third kappa shape index (κ3) is 3.57. The van der Waals surface area contributed by atoms with Crippen molar-refractivity contribution in [2.24, 2.45) is 0 Å². The Hall–Kier alpha value is -3.17. The summed E-state index contributed by atoms with van der Waals surface area (Å²) in [6, 6.07) is 9.13. The van der Waals surface area contributed by atoms with Crippen LogP contribution in [0, 0.1) is 0 Å². The van der Waals surface area contributed by atoms with E-state index >= 15 is 0 Å². The zero-order valence-electron chi connectivity index (χ0n) is 16.6. The smallest absolute Gasteiger partial charge is 0.263 e. The topological polar surface area (TPSA) is 73.7 Å². The van der Waals surface area contributed by atoms with Crippen LogP contribution in [0.15, 0.2) is 52.2 Å². The van der Waals surface area contributed by atoms with Crippen molar-refractivity contribution < 1.29 is 14.3 Å². The highest BCUT2D eigenvalue weighted by molar-refractivity contribution is 7.18. The molecule has 3 aromatic heterocycles. The van der Waals surface area contributed by atoms with Gasteiger partial charge in [-0.1, -0.05) is 6.07 Å².